The predicted octanol–water partition coefficient (Wildman–Crippen LogP) is 3.06. The zero-order valence-electron chi connectivity index (χ0n) is 14.7. The minimum atomic E-state index is -0.388. The van der Waals surface area contributed by atoms with Crippen LogP contribution in [0.3, 0.4) is 0 Å². The molecule has 0 bridgehead atoms. The van der Waals surface area contributed by atoms with Crippen LogP contribution in [0.4, 0.5) is 11.5 Å². The lowest BCUT2D eigenvalue weighted by atomic mass is 9.76. The minimum Gasteiger partial charge on any atom is -0.378 e. The highest BCUT2D eigenvalue weighted by molar-refractivity contribution is 7.71. The van der Waals surface area contributed by atoms with Gasteiger partial charge in [0.2, 0.25) is 0 Å². The molecule has 6 nitrogen and oxygen atoms in total. The van der Waals surface area contributed by atoms with Crippen molar-refractivity contribution in [2.75, 3.05) is 24.3 Å². The number of Topliss-reactive ketones (excluding diaryl/α,β-unsaturated/α-hetero) is 1. The van der Waals surface area contributed by atoms with Gasteiger partial charge in [-0.2, -0.15) is 0 Å². The highest BCUT2D eigenvalue weighted by Gasteiger charge is 2.37. The van der Waals surface area contributed by atoms with Crippen LogP contribution in [0.2, 0.25) is 0 Å². The van der Waals surface area contributed by atoms with E-state index in [0.717, 1.165) is 29.8 Å². The Hall–Kier alpha value is -2.67. The summed E-state index contributed by atoms with van der Waals surface area (Å²) in [5.74, 6) is 0.308. The molecule has 134 valence electrons. The molecule has 2 aromatic rings. The number of aromatic amines is 2. The number of hydrogen-bond acceptors (Lipinski definition) is 5. The number of benzene rings is 1. The van der Waals surface area contributed by atoms with Gasteiger partial charge in [0.05, 0.1) is 5.56 Å². The van der Waals surface area contributed by atoms with E-state index in [1.54, 1.807) is 0 Å². The van der Waals surface area contributed by atoms with Crippen molar-refractivity contribution in [2.24, 2.45) is 0 Å². The third-order valence-corrected chi connectivity index (χ3v) is 5.24. The third kappa shape index (κ3) is 2.68. The molecule has 26 heavy (non-hydrogen) atoms. The van der Waals surface area contributed by atoms with Crippen molar-refractivity contribution in [3.63, 3.8) is 0 Å². The quantitative estimate of drug-likeness (QED) is 0.710. The van der Waals surface area contributed by atoms with E-state index in [2.05, 4.69) is 15.3 Å². The molecule has 0 radical (unpaired) electrons. The van der Waals surface area contributed by atoms with Crippen LogP contribution in [0.5, 0.6) is 0 Å². The summed E-state index contributed by atoms with van der Waals surface area (Å²) in [5.41, 5.74) is 3.85. The fraction of sp³-hybridized carbons (Fsp3) is 0.316. The van der Waals surface area contributed by atoms with E-state index in [0.29, 0.717) is 23.4 Å². The molecule has 0 amide bonds. The van der Waals surface area contributed by atoms with Gasteiger partial charge in [-0.3, -0.25) is 14.6 Å². The molecule has 1 aliphatic heterocycles. The maximum atomic E-state index is 12.7. The Bertz CT molecular complexity index is 1030. The summed E-state index contributed by atoms with van der Waals surface area (Å²) in [6, 6.07) is 7.99. The van der Waals surface area contributed by atoms with Crippen LogP contribution in [-0.4, -0.2) is 29.8 Å². The number of nitrogens with one attached hydrogen (secondary N) is 3. The van der Waals surface area contributed by atoms with E-state index >= 15 is 0 Å². The standard InChI is InChI=1S/C19H20N4O2S/c1-23(2)11-8-6-10(7-9-11)14-15-12(4-3-5-13(15)24)20-17-16(14)18(25)22-19(26)21-17/h6-9,14H,3-5H2,1-2H3,(H3,20,21,22,25,26)/t14-/m1/s1. The van der Waals surface area contributed by atoms with E-state index < -0.39 is 0 Å². The van der Waals surface area contributed by atoms with Crippen molar-refractivity contribution >= 4 is 29.5 Å². The smallest absolute Gasteiger partial charge is 0.257 e. The maximum absolute atomic E-state index is 12.7. The van der Waals surface area contributed by atoms with E-state index in [1.807, 2.05) is 43.3 Å². The average Bonchev–Trinajstić information content (AvgIpc) is 2.60. The van der Waals surface area contributed by atoms with Gasteiger partial charge in [-0.15, -0.1) is 0 Å². The molecular weight excluding hydrogens is 348 g/mol. The number of hydrogen-bond donors (Lipinski definition) is 3. The van der Waals surface area contributed by atoms with E-state index in [1.165, 1.54) is 0 Å². The average molecular weight is 368 g/mol. The highest BCUT2D eigenvalue weighted by atomic mass is 32.1. The molecule has 0 unspecified atom stereocenters. The Morgan fingerprint density at radius 1 is 1.08 bits per heavy atom. The van der Waals surface area contributed by atoms with E-state index in [-0.39, 0.29) is 22.0 Å². The molecule has 4 rings (SSSR count). The Morgan fingerprint density at radius 2 is 1.81 bits per heavy atom. The number of H-pyrrole nitrogens is 2. The van der Waals surface area contributed by atoms with Crippen LogP contribution in [0, 0.1) is 4.77 Å². The third-order valence-electron chi connectivity index (χ3n) is 5.03. The van der Waals surface area contributed by atoms with Crippen molar-refractivity contribution in [1.82, 2.24) is 9.97 Å². The number of nitrogens with zero attached hydrogens (tertiary/aromatic N) is 1. The number of allylic oxidation sites excluding steroid dienone is 2. The fourth-order valence-corrected chi connectivity index (χ4v) is 3.99. The number of rotatable bonds is 2. The van der Waals surface area contributed by atoms with E-state index in [4.69, 9.17) is 12.2 Å². The summed E-state index contributed by atoms with van der Waals surface area (Å²) in [6.45, 7) is 0. The van der Waals surface area contributed by atoms with Crippen molar-refractivity contribution in [3.8, 4) is 0 Å². The molecule has 2 heterocycles. The second kappa shape index (κ2) is 6.25. The summed E-state index contributed by atoms with van der Waals surface area (Å²) >= 11 is 5.12. The van der Waals surface area contributed by atoms with Crippen molar-refractivity contribution in [2.45, 2.75) is 25.2 Å². The monoisotopic (exact) mass is 368 g/mol. The lowest BCUT2D eigenvalue weighted by Crippen LogP contribution is -2.32. The Balaban J connectivity index is 1.95. The normalized spacial score (nSPS) is 18.8. The zero-order valence-corrected chi connectivity index (χ0v) is 15.5. The first kappa shape index (κ1) is 16.8. The number of fused-ring (bicyclic) bond motifs is 1. The highest BCUT2D eigenvalue weighted by Crippen LogP contribution is 2.43. The fourth-order valence-electron chi connectivity index (χ4n) is 3.79. The van der Waals surface area contributed by atoms with Crippen LogP contribution < -0.4 is 15.8 Å². The lowest BCUT2D eigenvalue weighted by molar-refractivity contribution is -0.116. The van der Waals surface area contributed by atoms with Crippen molar-refractivity contribution in [1.29, 1.82) is 0 Å². The van der Waals surface area contributed by atoms with Gasteiger partial charge in [-0.05, 0) is 42.8 Å². The van der Waals surface area contributed by atoms with Crippen molar-refractivity contribution < 1.29 is 4.79 Å². The van der Waals surface area contributed by atoms with Gasteiger partial charge >= 0.3 is 0 Å². The van der Waals surface area contributed by atoms with Crippen LogP contribution in [0.15, 0.2) is 40.3 Å². The van der Waals surface area contributed by atoms with Gasteiger partial charge in [-0.1, -0.05) is 12.1 Å². The summed E-state index contributed by atoms with van der Waals surface area (Å²) in [4.78, 5) is 33.1. The SMILES string of the molecule is CN(C)c1ccc([C@@H]2C3=C(CCCC3=O)Nc3[nH]c(=S)[nH]c(=O)c32)cc1. The van der Waals surface area contributed by atoms with E-state index in [9.17, 15) is 9.59 Å². The summed E-state index contributed by atoms with van der Waals surface area (Å²) < 4.78 is 0.272. The number of carbonyl (C=O) groups is 1. The molecule has 3 N–H and O–H groups in total. The van der Waals surface area contributed by atoms with Gasteiger partial charge in [0.1, 0.15) is 5.82 Å². The van der Waals surface area contributed by atoms with Gasteiger partial charge < -0.3 is 15.2 Å². The maximum Gasteiger partial charge on any atom is 0.257 e. The molecule has 0 spiro atoms. The Labute approximate surface area is 156 Å². The van der Waals surface area contributed by atoms with Gasteiger partial charge in [0, 0.05) is 43.4 Å². The molecule has 1 aliphatic carbocycles. The molecule has 0 fully saturated rings. The van der Waals surface area contributed by atoms with Crippen LogP contribution in [0.25, 0.3) is 0 Å². The molecule has 2 aliphatic rings. The second-order valence-corrected chi connectivity index (χ2v) is 7.32. The lowest BCUT2D eigenvalue weighted by Gasteiger charge is -2.33. The molecule has 0 saturated heterocycles. The summed E-state index contributed by atoms with van der Waals surface area (Å²) in [5, 5.41) is 3.25. The van der Waals surface area contributed by atoms with Crippen molar-refractivity contribution in [3.05, 3.63) is 61.8 Å². The van der Waals surface area contributed by atoms with Crippen LogP contribution in [-0.2, 0) is 4.79 Å². The predicted molar refractivity (Wildman–Crippen MR) is 104 cm³/mol. The first-order valence-electron chi connectivity index (χ1n) is 8.62. The molecule has 1 aromatic carbocycles. The molecule has 0 saturated carbocycles. The molecule has 1 atom stereocenters. The first-order valence-corrected chi connectivity index (χ1v) is 9.03. The second-order valence-electron chi connectivity index (χ2n) is 6.91. The van der Waals surface area contributed by atoms with Crippen LogP contribution >= 0.6 is 12.2 Å². The Kier molecular flexibility index (Phi) is 4.03. The number of carbonyl (C=O) groups excluding carboxylic acids is 1. The number of aromatic nitrogens is 2. The number of ketones is 1. The van der Waals surface area contributed by atoms with Gasteiger partial charge in [0.15, 0.2) is 10.6 Å². The van der Waals surface area contributed by atoms with Gasteiger partial charge in [0.25, 0.3) is 5.56 Å². The largest absolute Gasteiger partial charge is 0.378 e. The minimum absolute atomic E-state index is 0.105. The van der Waals surface area contributed by atoms with Gasteiger partial charge in [-0.25, -0.2) is 0 Å². The summed E-state index contributed by atoms with van der Waals surface area (Å²) in [7, 11) is 3.95. The molecule has 7 heteroatoms. The Morgan fingerprint density at radius 3 is 2.50 bits per heavy atom. The zero-order chi connectivity index (χ0) is 18.4. The molecular formula is C19H20N4O2S. The summed E-state index contributed by atoms with van der Waals surface area (Å²) in [6.07, 6.45) is 2.12. The van der Waals surface area contributed by atoms with Crippen LogP contribution in [0.1, 0.15) is 36.3 Å². The molecule has 1 aromatic heterocycles. The first-order chi connectivity index (χ1) is 12.5. The topological polar surface area (TPSA) is 81.0 Å². The number of anilines is 2.